The van der Waals surface area contributed by atoms with Crippen LogP contribution in [0.25, 0.3) is 0 Å². The van der Waals surface area contributed by atoms with Crippen LogP contribution in [0.1, 0.15) is 29.5 Å². The van der Waals surface area contributed by atoms with E-state index < -0.39 is 10.0 Å². The third-order valence-electron chi connectivity index (χ3n) is 4.84. The number of hydrogen-bond donors (Lipinski definition) is 2. The Bertz CT molecular complexity index is 1050. The Kier molecular flexibility index (Phi) is 5.25. The van der Waals surface area contributed by atoms with Gasteiger partial charge in [-0.25, -0.2) is 13.4 Å². The molecular formula is C21H22N4O2S. The summed E-state index contributed by atoms with van der Waals surface area (Å²) in [4.78, 5) is 8.65. The van der Waals surface area contributed by atoms with Gasteiger partial charge in [0.05, 0.1) is 16.8 Å². The number of nitrogens with one attached hydrogen (secondary N) is 2. The van der Waals surface area contributed by atoms with E-state index in [1.54, 1.807) is 36.7 Å². The number of pyridine rings is 2. The predicted octanol–water partition coefficient (Wildman–Crippen LogP) is 3.77. The van der Waals surface area contributed by atoms with E-state index in [0.29, 0.717) is 22.9 Å². The molecule has 0 spiro atoms. The van der Waals surface area contributed by atoms with Crippen molar-refractivity contribution in [1.82, 2.24) is 9.97 Å². The van der Waals surface area contributed by atoms with E-state index in [1.165, 1.54) is 18.2 Å². The number of fused-ring (bicyclic) bond motifs is 1. The van der Waals surface area contributed by atoms with Crippen LogP contribution >= 0.6 is 0 Å². The zero-order valence-corrected chi connectivity index (χ0v) is 16.2. The fraction of sp³-hybridized carbons (Fsp3) is 0.238. The smallest absolute Gasteiger partial charge is 0.261 e. The molecule has 2 aromatic heterocycles. The maximum Gasteiger partial charge on any atom is 0.261 e. The lowest BCUT2D eigenvalue weighted by atomic mass is 9.92. The SMILES string of the molecule is O=S(=O)(Nc1ccc(NCc2cccnc2)nc1)c1ccc2c(c1)CCCC2. The molecule has 1 aliphatic rings. The van der Waals surface area contributed by atoms with Crippen molar-refractivity contribution in [3.05, 3.63) is 77.7 Å². The summed E-state index contributed by atoms with van der Waals surface area (Å²) < 4.78 is 28.1. The second-order valence-corrected chi connectivity index (χ2v) is 8.57. The monoisotopic (exact) mass is 394 g/mol. The second kappa shape index (κ2) is 7.98. The summed E-state index contributed by atoms with van der Waals surface area (Å²) in [5.74, 6) is 0.667. The number of aryl methyl sites for hydroxylation is 2. The topological polar surface area (TPSA) is 84.0 Å². The molecule has 7 heteroatoms. The molecule has 0 unspecified atom stereocenters. The van der Waals surface area contributed by atoms with Gasteiger partial charge in [-0.3, -0.25) is 9.71 Å². The van der Waals surface area contributed by atoms with Crippen LogP contribution in [0.5, 0.6) is 0 Å². The highest BCUT2D eigenvalue weighted by atomic mass is 32.2. The minimum Gasteiger partial charge on any atom is -0.366 e. The number of sulfonamides is 1. The molecule has 0 saturated carbocycles. The zero-order chi connectivity index (χ0) is 19.4. The zero-order valence-electron chi connectivity index (χ0n) is 15.4. The van der Waals surface area contributed by atoms with Crippen LogP contribution in [0.2, 0.25) is 0 Å². The van der Waals surface area contributed by atoms with Gasteiger partial charge in [0.25, 0.3) is 10.0 Å². The molecule has 0 aliphatic heterocycles. The number of nitrogens with zero attached hydrogens (tertiary/aromatic N) is 2. The molecule has 144 valence electrons. The van der Waals surface area contributed by atoms with E-state index in [0.717, 1.165) is 30.4 Å². The van der Waals surface area contributed by atoms with Crippen molar-refractivity contribution >= 4 is 21.5 Å². The molecule has 0 radical (unpaired) electrons. The molecule has 6 nitrogen and oxygen atoms in total. The van der Waals surface area contributed by atoms with E-state index in [1.807, 2.05) is 18.2 Å². The quantitative estimate of drug-likeness (QED) is 0.665. The highest BCUT2D eigenvalue weighted by Crippen LogP contribution is 2.25. The van der Waals surface area contributed by atoms with Crippen LogP contribution in [0.4, 0.5) is 11.5 Å². The van der Waals surface area contributed by atoms with Crippen molar-refractivity contribution in [3.8, 4) is 0 Å². The molecule has 0 amide bonds. The van der Waals surface area contributed by atoms with Gasteiger partial charge in [0.1, 0.15) is 5.82 Å². The summed E-state index contributed by atoms with van der Waals surface area (Å²) >= 11 is 0. The standard InChI is InChI=1S/C21H22N4O2S/c26-28(27,20-9-7-17-5-1-2-6-18(17)12-20)25-19-8-10-21(24-15-19)23-14-16-4-3-11-22-13-16/h3-4,7-13,15,25H,1-2,5-6,14H2,(H,23,24). The van der Waals surface area contributed by atoms with Gasteiger partial charge in [-0.05, 0) is 72.7 Å². The molecule has 1 aliphatic carbocycles. The number of rotatable bonds is 6. The average Bonchev–Trinajstić information content (AvgIpc) is 2.73. The molecular weight excluding hydrogens is 372 g/mol. The maximum atomic E-state index is 12.7. The molecule has 1 aromatic carbocycles. The minimum absolute atomic E-state index is 0.298. The minimum atomic E-state index is -3.63. The summed E-state index contributed by atoms with van der Waals surface area (Å²) in [6.07, 6.45) is 9.28. The van der Waals surface area contributed by atoms with Gasteiger partial charge < -0.3 is 5.32 Å². The van der Waals surface area contributed by atoms with Gasteiger partial charge in [-0.15, -0.1) is 0 Å². The van der Waals surface area contributed by atoms with Crippen molar-refractivity contribution < 1.29 is 8.42 Å². The van der Waals surface area contributed by atoms with Crippen LogP contribution in [-0.4, -0.2) is 18.4 Å². The van der Waals surface area contributed by atoms with Crippen molar-refractivity contribution in [3.63, 3.8) is 0 Å². The predicted molar refractivity (Wildman–Crippen MR) is 110 cm³/mol. The Labute approximate surface area is 165 Å². The molecule has 3 aromatic rings. The summed E-state index contributed by atoms with van der Waals surface area (Å²) in [6, 6.07) is 12.7. The van der Waals surface area contributed by atoms with Gasteiger partial charge in [-0.2, -0.15) is 0 Å². The Morgan fingerprint density at radius 1 is 0.964 bits per heavy atom. The molecule has 0 fully saturated rings. The van der Waals surface area contributed by atoms with Gasteiger partial charge in [0, 0.05) is 18.9 Å². The number of hydrogen-bond acceptors (Lipinski definition) is 5. The molecule has 4 rings (SSSR count). The van der Waals surface area contributed by atoms with Gasteiger partial charge in [0.2, 0.25) is 0 Å². The van der Waals surface area contributed by atoms with E-state index in [4.69, 9.17) is 0 Å². The largest absolute Gasteiger partial charge is 0.366 e. The third kappa shape index (κ3) is 4.31. The molecule has 2 N–H and O–H groups in total. The van der Waals surface area contributed by atoms with Crippen LogP contribution < -0.4 is 10.0 Å². The number of aromatic nitrogens is 2. The normalized spacial score (nSPS) is 13.6. The molecule has 0 bridgehead atoms. The van der Waals surface area contributed by atoms with Gasteiger partial charge in [-0.1, -0.05) is 12.1 Å². The first kappa shape index (κ1) is 18.4. The molecule has 0 saturated heterocycles. The summed E-state index contributed by atoms with van der Waals surface area (Å²) in [5.41, 5.74) is 3.88. The Morgan fingerprint density at radius 2 is 1.82 bits per heavy atom. The third-order valence-corrected chi connectivity index (χ3v) is 6.22. The summed E-state index contributed by atoms with van der Waals surface area (Å²) in [6.45, 7) is 0.598. The Morgan fingerprint density at radius 3 is 2.57 bits per heavy atom. The second-order valence-electron chi connectivity index (χ2n) is 6.89. The highest BCUT2D eigenvalue weighted by Gasteiger charge is 2.18. The fourth-order valence-electron chi connectivity index (χ4n) is 3.35. The Hall–Kier alpha value is -2.93. The van der Waals surface area contributed by atoms with Gasteiger partial charge >= 0.3 is 0 Å². The highest BCUT2D eigenvalue weighted by molar-refractivity contribution is 7.92. The molecule has 2 heterocycles. The lowest BCUT2D eigenvalue weighted by Crippen LogP contribution is -2.14. The maximum absolute atomic E-state index is 12.7. The fourth-order valence-corrected chi connectivity index (χ4v) is 4.44. The number of benzene rings is 1. The van der Waals surface area contributed by atoms with Crippen LogP contribution in [-0.2, 0) is 29.4 Å². The van der Waals surface area contributed by atoms with Crippen molar-refractivity contribution in [2.75, 3.05) is 10.0 Å². The number of anilines is 2. The van der Waals surface area contributed by atoms with Crippen LogP contribution in [0.15, 0.2) is 66.0 Å². The lowest BCUT2D eigenvalue weighted by molar-refractivity contribution is 0.600. The van der Waals surface area contributed by atoms with Gasteiger partial charge in [0.15, 0.2) is 0 Å². The first-order valence-corrected chi connectivity index (χ1v) is 10.8. The first-order valence-electron chi connectivity index (χ1n) is 9.34. The molecule has 0 atom stereocenters. The van der Waals surface area contributed by atoms with E-state index in [9.17, 15) is 8.42 Å². The van der Waals surface area contributed by atoms with E-state index in [2.05, 4.69) is 20.0 Å². The lowest BCUT2D eigenvalue weighted by Gasteiger charge is -2.17. The van der Waals surface area contributed by atoms with Crippen molar-refractivity contribution in [1.29, 1.82) is 0 Å². The van der Waals surface area contributed by atoms with Crippen LogP contribution in [0, 0.1) is 0 Å². The summed E-state index contributed by atoms with van der Waals surface area (Å²) in [7, 11) is -3.63. The first-order chi connectivity index (χ1) is 13.6. The van der Waals surface area contributed by atoms with E-state index >= 15 is 0 Å². The summed E-state index contributed by atoms with van der Waals surface area (Å²) in [5, 5.41) is 3.19. The van der Waals surface area contributed by atoms with Crippen molar-refractivity contribution in [2.24, 2.45) is 0 Å². The Balaban J connectivity index is 1.43. The van der Waals surface area contributed by atoms with Crippen LogP contribution in [0.3, 0.4) is 0 Å². The average molecular weight is 395 g/mol. The van der Waals surface area contributed by atoms with Crippen molar-refractivity contribution in [2.45, 2.75) is 37.1 Å². The van der Waals surface area contributed by atoms with E-state index in [-0.39, 0.29) is 0 Å². The molecule has 28 heavy (non-hydrogen) atoms.